The quantitative estimate of drug-likeness (QED) is 0.447. The summed E-state index contributed by atoms with van der Waals surface area (Å²) in [7, 11) is 1.28. The summed E-state index contributed by atoms with van der Waals surface area (Å²) in [5.74, 6) is -1.37. The van der Waals surface area contributed by atoms with Crippen molar-refractivity contribution in [3.63, 3.8) is 0 Å². The van der Waals surface area contributed by atoms with Crippen LogP contribution in [0.3, 0.4) is 0 Å². The van der Waals surface area contributed by atoms with E-state index in [2.05, 4.69) is 9.72 Å². The summed E-state index contributed by atoms with van der Waals surface area (Å²) in [5, 5.41) is 0. The third kappa shape index (κ3) is 5.13. The maximum absolute atomic E-state index is 13.6. The average Bonchev–Trinajstić information content (AvgIpc) is 3.14. The third-order valence-corrected chi connectivity index (χ3v) is 4.06. The van der Waals surface area contributed by atoms with Crippen molar-refractivity contribution in [2.45, 2.75) is 19.3 Å². The molecule has 2 aromatic carbocycles. The lowest BCUT2D eigenvalue weighted by molar-refractivity contribution is -0.140. The van der Waals surface area contributed by atoms with Gasteiger partial charge in [0.05, 0.1) is 19.0 Å². The fraction of sp³-hybridized carbons (Fsp3) is 0.200. The molecule has 0 saturated carbocycles. The molecule has 0 spiro atoms. The summed E-state index contributed by atoms with van der Waals surface area (Å²) in [6.07, 6.45) is -1.66. The van der Waals surface area contributed by atoms with Crippen molar-refractivity contribution in [2.75, 3.05) is 7.11 Å². The van der Waals surface area contributed by atoms with Gasteiger partial charge in [-0.05, 0) is 35.4 Å². The van der Waals surface area contributed by atoms with E-state index >= 15 is 0 Å². The van der Waals surface area contributed by atoms with Crippen molar-refractivity contribution in [1.29, 1.82) is 0 Å². The summed E-state index contributed by atoms with van der Waals surface area (Å²) >= 11 is 0. The largest absolute Gasteiger partial charge is 0.489 e. The van der Waals surface area contributed by atoms with Crippen molar-refractivity contribution in [2.24, 2.45) is 0 Å². The van der Waals surface area contributed by atoms with Crippen LogP contribution < -0.4 is 4.74 Å². The highest BCUT2D eigenvalue weighted by atomic mass is 19.4. The maximum Gasteiger partial charge on any atom is 0.419 e. The normalized spacial score (nSPS) is 11.3. The van der Waals surface area contributed by atoms with Gasteiger partial charge < -0.3 is 14.0 Å². The first kappa shape index (κ1) is 20.4. The molecule has 9 heteroatoms. The Balaban J connectivity index is 1.59. The van der Waals surface area contributed by atoms with E-state index in [0.29, 0.717) is 18.4 Å². The first-order valence-corrected chi connectivity index (χ1v) is 8.43. The van der Waals surface area contributed by atoms with Gasteiger partial charge in [-0.1, -0.05) is 18.2 Å². The number of benzene rings is 2. The molecule has 3 rings (SSSR count). The molecule has 0 saturated heterocycles. The molecule has 0 fully saturated rings. The van der Waals surface area contributed by atoms with Gasteiger partial charge in [0.1, 0.15) is 18.2 Å². The van der Waals surface area contributed by atoms with Crippen LogP contribution in [0.15, 0.2) is 55.0 Å². The summed E-state index contributed by atoms with van der Waals surface area (Å²) in [4.78, 5) is 15.4. The van der Waals surface area contributed by atoms with Crippen molar-refractivity contribution < 1.29 is 31.8 Å². The summed E-state index contributed by atoms with van der Waals surface area (Å²) in [6, 6.07) is 9.65. The number of aromatic nitrogens is 2. The molecule has 5 nitrogen and oxygen atoms in total. The maximum atomic E-state index is 13.6. The second-order valence-corrected chi connectivity index (χ2v) is 6.17. The smallest absolute Gasteiger partial charge is 0.419 e. The predicted molar refractivity (Wildman–Crippen MR) is 94.8 cm³/mol. The zero-order chi connectivity index (χ0) is 21.0. The lowest BCUT2D eigenvalue weighted by atomic mass is 10.1. The number of ether oxygens (including phenoxy) is 2. The summed E-state index contributed by atoms with van der Waals surface area (Å²) < 4.78 is 63.2. The molecule has 29 heavy (non-hydrogen) atoms. The fourth-order valence-corrected chi connectivity index (χ4v) is 2.60. The number of nitrogens with zero attached hydrogens (tertiary/aromatic N) is 2. The topological polar surface area (TPSA) is 53.4 Å². The SMILES string of the molecule is COC(=O)c1cn(Cc2ccc(OCc3ccc(C(F)(F)F)c(F)c3)cc2)cn1. The minimum atomic E-state index is -4.73. The number of esters is 1. The number of hydrogen-bond donors (Lipinski definition) is 0. The van der Waals surface area contributed by atoms with Crippen LogP contribution in [-0.2, 0) is 24.1 Å². The zero-order valence-electron chi connectivity index (χ0n) is 15.2. The number of alkyl halides is 3. The molecule has 0 aliphatic rings. The van der Waals surface area contributed by atoms with Crippen molar-refractivity contribution in [1.82, 2.24) is 9.55 Å². The van der Waals surface area contributed by atoms with Gasteiger partial charge >= 0.3 is 12.1 Å². The minimum absolute atomic E-state index is 0.0710. The van der Waals surface area contributed by atoms with Gasteiger partial charge in [-0.25, -0.2) is 14.2 Å². The molecule has 3 aromatic rings. The van der Waals surface area contributed by atoms with Crippen molar-refractivity contribution >= 4 is 5.97 Å². The van der Waals surface area contributed by atoms with E-state index in [-0.39, 0.29) is 17.9 Å². The lowest BCUT2D eigenvalue weighted by Gasteiger charge is -2.11. The summed E-state index contributed by atoms with van der Waals surface area (Å²) in [6.45, 7) is 0.396. The Morgan fingerprint density at radius 2 is 1.79 bits per heavy atom. The number of hydrogen-bond acceptors (Lipinski definition) is 4. The van der Waals surface area contributed by atoms with Gasteiger partial charge in [0.25, 0.3) is 0 Å². The van der Waals surface area contributed by atoms with Crippen LogP contribution >= 0.6 is 0 Å². The molecule has 0 radical (unpaired) electrons. The molecule has 0 amide bonds. The standard InChI is InChI=1S/C20H16F4N2O3/c1-28-19(27)18-10-26(12-25-18)9-13-2-5-15(6-3-13)29-11-14-4-7-16(17(21)8-14)20(22,23)24/h2-8,10,12H,9,11H2,1H3. The minimum Gasteiger partial charge on any atom is -0.489 e. The van der Waals surface area contributed by atoms with Crippen LogP contribution in [0.4, 0.5) is 17.6 Å². The Kier molecular flexibility index (Phi) is 5.86. The van der Waals surface area contributed by atoms with Crippen LogP contribution in [0, 0.1) is 5.82 Å². The van der Waals surface area contributed by atoms with E-state index < -0.39 is 23.5 Å². The van der Waals surface area contributed by atoms with E-state index in [1.54, 1.807) is 35.0 Å². The van der Waals surface area contributed by atoms with E-state index in [9.17, 15) is 22.4 Å². The number of carbonyl (C=O) groups is 1. The molecule has 1 aromatic heterocycles. The Labute approximate surface area is 163 Å². The molecule has 0 aliphatic heterocycles. The van der Waals surface area contributed by atoms with E-state index in [1.807, 2.05) is 0 Å². The Hall–Kier alpha value is -3.36. The zero-order valence-corrected chi connectivity index (χ0v) is 15.2. The molecule has 0 N–H and O–H groups in total. The molecule has 0 unspecified atom stereocenters. The second-order valence-electron chi connectivity index (χ2n) is 6.17. The Morgan fingerprint density at radius 3 is 2.41 bits per heavy atom. The first-order valence-electron chi connectivity index (χ1n) is 8.43. The lowest BCUT2D eigenvalue weighted by Crippen LogP contribution is -2.08. The summed E-state index contributed by atoms with van der Waals surface area (Å²) in [5.41, 5.74) is 0.0942. The van der Waals surface area contributed by atoms with Crippen LogP contribution in [0.5, 0.6) is 5.75 Å². The number of halogens is 4. The molecule has 0 aliphatic carbocycles. The Morgan fingerprint density at radius 1 is 1.10 bits per heavy atom. The molecular formula is C20H16F4N2O3. The molecule has 1 heterocycles. The fourth-order valence-electron chi connectivity index (χ4n) is 2.60. The van der Waals surface area contributed by atoms with Crippen LogP contribution in [0.1, 0.15) is 27.2 Å². The number of rotatable bonds is 6. The highest BCUT2D eigenvalue weighted by Crippen LogP contribution is 2.31. The second kappa shape index (κ2) is 8.34. The van der Waals surface area contributed by atoms with Gasteiger partial charge in [-0.2, -0.15) is 13.2 Å². The van der Waals surface area contributed by atoms with Crippen LogP contribution in [-0.4, -0.2) is 22.6 Å². The van der Waals surface area contributed by atoms with Gasteiger partial charge in [0, 0.05) is 12.7 Å². The first-order chi connectivity index (χ1) is 13.8. The van der Waals surface area contributed by atoms with Gasteiger partial charge in [-0.3, -0.25) is 0 Å². The predicted octanol–water partition coefficient (Wildman–Crippen LogP) is 4.45. The molecule has 152 valence electrons. The van der Waals surface area contributed by atoms with Crippen LogP contribution in [0.25, 0.3) is 0 Å². The van der Waals surface area contributed by atoms with Gasteiger partial charge in [0.2, 0.25) is 0 Å². The number of carbonyl (C=O) groups excluding carboxylic acids is 1. The number of methoxy groups -OCH3 is 1. The van der Waals surface area contributed by atoms with E-state index in [4.69, 9.17) is 4.74 Å². The molecule has 0 bridgehead atoms. The third-order valence-electron chi connectivity index (χ3n) is 4.06. The van der Waals surface area contributed by atoms with Gasteiger partial charge in [0.15, 0.2) is 5.69 Å². The highest BCUT2D eigenvalue weighted by Gasteiger charge is 2.33. The van der Waals surface area contributed by atoms with Crippen molar-refractivity contribution in [3.05, 3.63) is 83.2 Å². The van der Waals surface area contributed by atoms with Gasteiger partial charge in [-0.15, -0.1) is 0 Å². The molecule has 0 atom stereocenters. The van der Waals surface area contributed by atoms with E-state index in [0.717, 1.165) is 11.6 Å². The van der Waals surface area contributed by atoms with E-state index in [1.165, 1.54) is 19.5 Å². The monoisotopic (exact) mass is 408 g/mol. The van der Waals surface area contributed by atoms with Crippen molar-refractivity contribution in [3.8, 4) is 5.75 Å². The average molecular weight is 408 g/mol. The molecular weight excluding hydrogens is 392 g/mol. The highest BCUT2D eigenvalue weighted by molar-refractivity contribution is 5.86. The van der Waals surface area contributed by atoms with Crippen LogP contribution in [0.2, 0.25) is 0 Å². The number of imidazole rings is 1. The Bertz CT molecular complexity index is 998.